The van der Waals surface area contributed by atoms with Crippen molar-refractivity contribution in [1.82, 2.24) is 4.98 Å². The lowest BCUT2D eigenvalue weighted by Gasteiger charge is -2.18. The number of hydrogen-bond donors (Lipinski definition) is 1. The van der Waals surface area contributed by atoms with Crippen molar-refractivity contribution in [3.8, 4) is 17.0 Å². The number of carboxylic acids is 1. The van der Waals surface area contributed by atoms with E-state index in [0.29, 0.717) is 18.9 Å². The van der Waals surface area contributed by atoms with E-state index in [1.54, 1.807) is 13.8 Å². The van der Waals surface area contributed by atoms with Gasteiger partial charge in [0.05, 0.1) is 17.5 Å². The summed E-state index contributed by atoms with van der Waals surface area (Å²) >= 11 is 0. The predicted octanol–water partition coefficient (Wildman–Crippen LogP) is 5.87. The maximum atomic E-state index is 11.2. The van der Waals surface area contributed by atoms with Crippen LogP contribution in [0.25, 0.3) is 22.0 Å². The summed E-state index contributed by atoms with van der Waals surface area (Å²) < 4.78 is 5.92. The minimum atomic E-state index is -0.757. The first kappa shape index (κ1) is 19.9. The molecule has 0 radical (unpaired) electrons. The van der Waals surface area contributed by atoms with Gasteiger partial charge >= 0.3 is 5.97 Å². The van der Waals surface area contributed by atoms with Gasteiger partial charge in [-0.3, -0.25) is 4.79 Å². The molecule has 0 saturated heterocycles. The minimum Gasteiger partial charge on any atom is -0.481 e. The largest absolute Gasteiger partial charge is 0.481 e. The van der Waals surface area contributed by atoms with Crippen molar-refractivity contribution in [2.45, 2.75) is 40.0 Å². The number of rotatable bonds is 8. The van der Waals surface area contributed by atoms with E-state index in [9.17, 15) is 9.90 Å². The lowest BCUT2D eigenvalue weighted by Crippen LogP contribution is -2.23. The summed E-state index contributed by atoms with van der Waals surface area (Å²) in [7, 11) is 0. The van der Waals surface area contributed by atoms with Gasteiger partial charge in [0, 0.05) is 11.5 Å². The zero-order valence-electron chi connectivity index (χ0n) is 16.7. The van der Waals surface area contributed by atoms with Crippen LogP contribution in [0, 0.1) is 12.3 Å². The van der Waals surface area contributed by atoms with Crippen LogP contribution in [0.2, 0.25) is 0 Å². The first-order chi connectivity index (χ1) is 13.4. The summed E-state index contributed by atoms with van der Waals surface area (Å²) in [6.45, 7) is 6.12. The molecule has 1 aromatic heterocycles. The topological polar surface area (TPSA) is 59.4 Å². The van der Waals surface area contributed by atoms with Gasteiger partial charge in [0.1, 0.15) is 0 Å². The molecule has 0 amide bonds. The van der Waals surface area contributed by atoms with Gasteiger partial charge in [0.25, 0.3) is 0 Å². The first-order valence-corrected chi connectivity index (χ1v) is 9.70. The van der Waals surface area contributed by atoms with E-state index >= 15 is 0 Å². The van der Waals surface area contributed by atoms with Crippen LogP contribution in [0.5, 0.6) is 5.88 Å². The Morgan fingerprint density at radius 1 is 1.07 bits per heavy atom. The number of aromatic nitrogens is 1. The number of benzene rings is 2. The van der Waals surface area contributed by atoms with E-state index in [-0.39, 0.29) is 0 Å². The molecule has 146 valence electrons. The van der Waals surface area contributed by atoms with Crippen molar-refractivity contribution in [3.63, 3.8) is 0 Å². The summed E-state index contributed by atoms with van der Waals surface area (Å²) in [5, 5.41) is 10.3. The van der Waals surface area contributed by atoms with Crippen LogP contribution in [0.15, 0.2) is 54.6 Å². The van der Waals surface area contributed by atoms with Crippen LogP contribution in [-0.4, -0.2) is 22.7 Å². The molecule has 0 bridgehead atoms. The number of unbranched alkanes of at least 4 members (excludes halogenated alkanes) is 1. The Bertz CT molecular complexity index is 961. The smallest absolute Gasteiger partial charge is 0.309 e. The second-order valence-corrected chi connectivity index (χ2v) is 7.89. The lowest BCUT2D eigenvalue weighted by atomic mass is 9.87. The van der Waals surface area contributed by atoms with Crippen LogP contribution >= 0.6 is 0 Å². The van der Waals surface area contributed by atoms with Crippen molar-refractivity contribution in [2.75, 3.05) is 6.61 Å². The Hall–Kier alpha value is -2.88. The van der Waals surface area contributed by atoms with Crippen LogP contribution in [-0.2, 0) is 4.79 Å². The summed E-state index contributed by atoms with van der Waals surface area (Å²) in [6, 6.07) is 18.5. The Balaban J connectivity index is 1.74. The number of carbonyl (C=O) groups is 1. The number of ether oxygens (including phenoxy) is 1. The second kappa shape index (κ2) is 8.42. The molecule has 1 N–H and O–H groups in total. The summed E-state index contributed by atoms with van der Waals surface area (Å²) in [5.41, 5.74) is 3.68. The molecule has 4 heteroatoms. The Kier molecular flexibility index (Phi) is 5.98. The molecular formula is C24H27NO3. The third kappa shape index (κ3) is 4.69. The monoisotopic (exact) mass is 377 g/mol. The number of hydrogen-bond acceptors (Lipinski definition) is 3. The molecule has 0 atom stereocenters. The molecule has 4 nitrogen and oxygen atoms in total. The molecule has 3 aromatic rings. The molecule has 0 aliphatic rings. The highest BCUT2D eigenvalue weighted by Crippen LogP contribution is 2.31. The molecule has 3 rings (SSSR count). The predicted molar refractivity (Wildman–Crippen MR) is 113 cm³/mol. The van der Waals surface area contributed by atoms with Crippen molar-refractivity contribution in [2.24, 2.45) is 5.41 Å². The number of aliphatic carboxylic acids is 1. The quantitative estimate of drug-likeness (QED) is 0.499. The van der Waals surface area contributed by atoms with E-state index in [0.717, 1.165) is 34.9 Å². The number of carboxylic acid groups (broad SMARTS) is 1. The number of nitrogens with zero attached hydrogens (tertiary/aromatic N) is 1. The molecule has 2 aromatic carbocycles. The minimum absolute atomic E-state index is 0.522. The van der Waals surface area contributed by atoms with Gasteiger partial charge in [-0.1, -0.05) is 48.0 Å². The van der Waals surface area contributed by atoms with Gasteiger partial charge in [-0.2, -0.15) is 0 Å². The highest BCUT2D eigenvalue weighted by Gasteiger charge is 2.26. The lowest BCUT2D eigenvalue weighted by molar-refractivity contribution is -0.147. The van der Waals surface area contributed by atoms with Gasteiger partial charge in [-0.25, -0.2) is 4.98 Å². The first-order valence-electron chi connectivity index (χ1n) is 9.70. The fraction of sp³-hybridized carbons (Fsp3) is 0.333. The molecular weight excluding hydrogens is 350 g/mol. The van der Waals surface area contributed by atoms with Crippen LogP contribution in [0.3, 0.4) is 0 Å². The third-order valence-corrected chi connectivity index (χ3v) is 5.08. The van der Waals surface area contributed by atoms with Gasteiger partial charge in [-0.15, -0.1) is 0 Å². The maximum Gasteiger partial charge on any atom is 0.309 e. The molecule has 28 heavy (non-hydrogen) atoms. The van der Waals surface area contributed by atoms with Crippen LogP contribution in [0.1, 0.15) is 38.7 Å². The highest BCUT2D eigenvalue weighted by atomic mass is 16.5. The zero-order valence-corrected chi connectivity index (χ0v) is 16.7. The maximum absolute atomic E-state index is 11.2. The number of fused-ring (bicyclic) bond motifs is 1. The van der Waals surface area contributed by atoms with Gasteiger partial charge in [0.2, 0.25) is 5.88 Å². The second-order valence-electron chi connectivity index (χ2n) is 7.89. The molecule has 0 fully saturated rings. The van der Waals surface area contributed by atoms with Gasteiger partial charge in [-0.05, 0) is 57.2 Å². The van der Waals surface area contributed by atoms with E-state index in [2.05, 4.69) is 42.2 Å². The van der Waals surface area contributed by atoms with Gasteiger partial charge in [0.15, 0.2) is 0 Å². The summed E-state index contributed by atoms with van der Waals surface area (Å²) in [5.74, 6) is -0.154. The van der Waals surface area contributed by atoms with Crippen LogP contribution in [0.4, 0.5) is 0 Å². The van der Waals surface area contributed by atoms with E-state index in [4.69, 9.17) is 4.74 Å². The fourth-order valence-electron chi connectivity index (χ4n) is 3.15. The van der Waals surface area contributed by atoms with E-state index < -0.39 is 11.4 Å². The Labute approximate surface area is 166 Å². The van der Waals surface area contributed by atoms with Crippen molar-refractivity contribution < 1.29 is 14.6 Å². The van der Waals surface area contributed by atoms with E-state index in [1.165, 1.54) is 5.56 Å². The van der Waals surface area contributed by atoms with Crippen LogP contribution < -0.4 is 4.74 Å². The third-order valence-electron chi connectivity index (χ3n) is 5.08. The number of para-hydroxylation sites is 1. The normalized spacial score (nSPS) is 11.5. The molecule has 1 heterocycles. The zero-order chi connectivity index (χ0) is 20.1. The summed E-state index contributed by atoms with van der Waals surface area (Å²) in [6.07, 6.45) is 2.23. The average Bonchev–Trinajstić information content (AvgIpc) is 2.67. The van der Waals surface area contributed by atoms with Crippen molar-refractivity contribution in [1.29, 1.82) is 0 Å². The number of aryl methyl sites for hydroxylation is 1. The molecule has 0 saturated carbocycles. The molecule has 0 aliphatic heterocycles. The van der Waals surface area contributed by atoms with E-state index in [1.807, 2.05) is 24.3 Å². The molecule has 0 spiro atoms. The fourth-order valence-corrected chi connectivity index (χ4v) is 3.15. The average molecular weight is 377 g/mol. The highest BCUT2D eigenvalue weighted by molar-refractivity contribution is 5.95. The molecule has 0 unspecified atom stereocenters. The Morgan fingerprint density at radius 2 is 1.79 bits per heavy atom. The standard InChI is InChI=1S/C24H27NO3/c1-17-10-12-18(13-11-17)20-16-22(25-21-9-5-4-8-19(20)21)28-15-7-6-14-24(2,3)23(26)27/h4-5,8-13,16H,6-7,14-15H2,1-3H3,(H,26,27). The van der Waals surface area contributed by atoms with Crippen molar-refractivity contribution in [3.05, 3.63) is 60.2 Å². The number of pyridine rings is 1. The SMILES string of the molecule is Cc1ccc(-c2cc(OCCCCC(C)(C)C(=O)O)nc3ccccc23)cc1. The molecule has 0 aliphatic carbocycles. The van der Waals surface area contributed by atoms with Crippen molar-refractivity contribution >= 4 is 16.9 Å². The summed E-state index contributed by atoms with van der Waals surface area (Å²) in [4.78, 5) is 15.8. The Morgan fingerprint density at radius 3 is 2.50 bits per heavy atom. The van der Waals surface area contributed by atoms with Gasteiger partial charge < -0.3 is 9.84 Å².